The number of nitrogen functional groups attached to an aromatic ring is 1. The van der Waals surface area contributed by atoms with Crippen LogP contribution in [0.1, 0.15) is 58.4 Å². The molecule has 3 N–H and O–H groups in total. The number of anilines is 1. The number of nitrogens with one attached hydrogen (secondary N) is 1. The summed E-state index contributed by atoms with van der Waals surface area (Å²) in [4.78, 5) is 29.3. The summed E-state index contributed by atoms with van der Waals surface area (Å²) < 4.78 is 7.57. The predicted molar refractivity (Wildman–Crippen MR) is 186 cm³/mol. The van der Waals surface area contributed by atoms with Crippen molar-refractivity contribution < 1.29 is 9.53 Å². The molecule has 2 aliphatic rings. The van der Waals surface area contributed by atoms with Gasteiger partial charge in [-0.15, -0.1) is 0 Å². The highest BCUT2D eigenvalue weighted by atomic mass is 16.6. The Balaban J connectivity index is 1.08. The zero-order valence-electron chi connectivity index (χ0n) is 27.4. The number of carbonyl (C=O) groups is 1. The first kappa shape index (κ1) is 30.9. The molecule has 5 aromatic rings. The number of rotatable bonds is 6. The van der Waals surface area contributed by atoms with Crippen LogP contribution < -0.4 is 11.1 Å². The molecule has 2 aromatic carbocycles. The van der Waals surface area contributed by atoms with E-state index in [0.717, 1.165) is 79.0 Å². The van der Waals surface area contributed by atoms with Crippen LogP contribution in [0.2, 0.25) is 0 Å². The fraction of sp³-hybridized carbons (Fsp3) is 0.368. The first-order chi connectivity index (χ1) is 22.6. The Hall–Kier alpha value is -4.76. The van der Waals surface area contributed by atoms with E-state index >= 15 is 0 Å². The van der Waals surface area contributed by atoms with Gasteiger partial charge in [-0.1, -0.05) is 42.5 Å². The fourth-order valence-corrected chi connectivity index (χ4v) is 7.19. The number of fused-ring (bicyclic) bond motifs is 1. The number of benzene rings is 2. The van der Waals surface area contributed by atoms with E-state index in [0.29, 0.717) is 17.1 Å². The second-order valence-electron chi connectivity index (χ2n) is 14.2. The third-order valence-corrected chi connectivity index (χ3v) is 9.54. The zero-order valence-corrected chi connectivity index (χ0v) is 27.4. The molecule has 1 aliphatic carbocycles. The number of carbonyl (C=O) groups excluding carboxylic acids is 1. The number of nitrogens with two attached hydrogens (primary N) is 1. The minimum atomic E-state index is -0.477. The van der Waals surface area contributed by atoms with E-state index in [1.165, 1.54) is 12.0 Å². The van der Waals surface area contributed by atoms with Crippen molar-refractivity contribution in [2.75, 3.05) is 18.8 Å². The van der Waals surface area contributed by atoms with Crippen LogP contribution in [0.5, 0.6) is 0 Å². The number of alkyl carbamates (subject to hydrolysis) is 1. The number of ether oxygens (including phenoxy) is 1. The Bertz CT molecular complexity index is 1870. The van der Waals surface area contributed by atoms with E-state index in [9.17, 15) is 4.79 Å². The van der Waals surface area contributed by atoms with Crippen LogP contribution in [-0.4, -0.2) is 55.2 Å². The van der Waals surface area contributed by atoms with Gasteiger partial charge in [0.25, 0.3) is 0 Å². The van der Waals surface area contributed by atoms with Gasteiger partial charge in [0, 0.05) is 36.6 Å². The molecule has 9 heteroatoms. The van der Waals surface area contributed by atoms with Crippen LogP contribution >= 0.6 is 0 Å². The molecular formula is C38H43N7O2. The Morgan fingerprint density at radius 1 is 0.957 bits per heavy atom. The van der Waals surface area contributed by atoms with Crippen LogP contribution in [0, 0.1) is 5.41 Å². The highest BCUT2D eigenvalue weighted by molar-refractivity contribution is 5.84. The number of nitrogens with zero attached hydrogens (tertiary/aromatic N) is 5. The molecule has 1 aliphatic heterocycles. The number of hydrogen-bond acceptors (Lipinski definition) is 7. The lowest BCUT2D eigenvalue weighted by Gasteiger charge is -2.37. The van der Waals surface area contributed by atoms with E-state index in [2.05, 4.69) is 56.2 Å². The van der Waals surface area contributed by atoms with E-state index < -0.39 is 5.60 Å². The summed E-state index contributed by atoms with van der Waals surface area (Å²) in [7, 11) is 0. The lowest BCUT2D eigenvalue weighted by molar-refractivity contribution is 0.0469. The molecule has 1 spiro atoms. The molecule has 3 aromatic heterocycles. The Morgan fingerprint density at radius 3 is 2.45 bits per heavy atom. The number of amides is 1. The van der Waals surface area contributed by atoms with Crippen molar-refractivity contribution in [1.82, 2.24) is 29.7 Å². The van der Waals surface area contributed by atoms with E-state index in [-0.39, 0.29) is 12.1 Å². The molecule has 7 rings (SSSR count). The average Bonchev–Trinajstić information content (AvgIpc) is 3.63. The SMILES string of the molecule is CC(C)(C)OC(=O)NC1CCC2(CC1)CCN(Cc1ccc(-n3c(-c4cccnc4N)nc4ccc(-c5ccccc5)nc43)cc1)C2. The summed E-state index contributed by atoms with van der Waals surface area (Å²) in [6.45, 7) is 8.79. The molecule has 0 bridgehead atoms. The lowest BCUT2D eigenvalue weighted by atomic mass is 9.72. The van der Waals surface area contributed by atoms with E-state index in [1.807, 2.05) is 63.2 Å². The van der Waals surface area contributed by atoms with Crippen molar-refractivity contribution in [3.8, 4) is 28.3 Å². The van der Waals surface area contributed by atoms with Crippen LogP contribution in [0.15, 0.2) is 85.1 Å². The third kappa shape index (κ3) is 6.72. The van der Waals surface area contributed by atoms with Crippen molar-refractivity contribution in [2.45, 2.75) is 71.1 Å². The van der Waals surface area contributed by atoms with Gasteiger partial charge in [-0.2, -0.15) is 0 Å². The summed E-state index contributed by atoms with van der Waals surface area (Å²) in [6, 6.07) is 27.0. The topological polar surface area (TPSA) is 111 Å². The Morgan fingerprint density at radius 2 is 1.72 bits per heavy atom. The van der Waals surface area contributed by atoms with Gasteiger partial charge >= 0.3 is 6.09 Å². The van der Waals surface area contributed by atoms with Gasteiger partial charge < -0.3 is 15.8 Å². The van der Waals surface area contributed by atoms with Crippen molar-refractivity contribution in [2.24, 2.45) is 5.41 Å². The molecule has 0 unspecified atom stereocenters. The maximum Gasteiger partial charge on any atom is 0.407 e. The van der Waals surface area contributed by atoms with Crippen molar-refractivity contribution in [1.29, 1.82) is 0 Å². The molecule has 47 heavy (non-hydrogen) atoms. The fourth-order valence-electron chi connectivity index (χ4n) is 7.19. The van der Waals surface area contributed by atoms with Gasteiger partial charge in [-0.25, -0.2) is 19.7 Å². The van der Waals surface area contributed by atoms with Gasteiger partial charge in [0.15, 0.2) is 11.5 Å². The van der Waals surface area contributed by atoms with Gasteiger partial charge in [-0.05, 0) is 107 Å². The maximum absolute atomic E-state index is 12.3. The predicted octanol–water partition coefficient (Wildman–Crippen LogP) is 7.39. The molecule has 1 saturated heterocycles. The number of pyridine rings is 2. The van der Waals surface area contributed by atoms with Gasteiger partial charge in [0.1, 0.15) is 16.9 Å². The molecule has 0 radical (unpaired) electrons. The summed E-state index contributed by atoms with van der Waals surface area (Å²) in [5, 5.41) is 3.09. The lowest BCUT2D eigenvalue weighted by Crippen LogP contribution is -2.43. The van der Waals surface area contributed by atoms with Crippen molar-refractivity contribution >= 4 is 23.1 Å². The number of hydrogen-bond donors (Lipinski definition) is 2. The van der Waals surface area contributed by atoms with Crippen LogP contribution in [0.4, 0.5) is 10.6 Å². The Kier molecular flexibility index (Phi) is 8.18. The first-order valence-corrected chi connectivity index (χ1v) is 16.6. The second-order valence-corrected chi connectivity index (χ2v) is 14.2. The number of aromatic nitrogens is 4. The molecular weight excluding hydrogens is 586 g/mol. The molecule has 0 atom stereocenters. The van der Waals surface area contributed by atoms with Crippen LogP contribution in [-0.2, 0) is 11.3 Å². The third-order valence-electron chi connectivity index (χ3n) is 9.54. The smallest absolute Gasteiger partial charge is 0.407 e. The monoisotopic (exact) mass is 629 g/mol. The summed E-state index contributed by atoms with van der Waals surface area (Å²) >= 11 is 0. The molecule has 4 heterocycles. The quantitative estimate of drug-likeness (QED) is 0.201. The standard InChI is InChI=1S/C38H43N7O2/c1-37(2,3)47-36(46)41-28-17-19-38(20-18-28)21-23-44(25-38)24-26-11-13-29(14-12-26)45-34(30-10-7-22-40-33(30)39)43-32-16-15-31(42-35(32)45)27-8-5-4-6-9-27/h4-16,22,28H,17-21,23-25H2,1-3H3,(H2,39,40)(H,41,46). The van der Waals surface area contributed by atoms with Crippen LogP contribution in [0.25, 0.3) is 39.5 Å². The minimum absolute atomic E-state index is 0.196. The number of likely N-dealkylation sites (tertiary alicyclic amines) is 1. The molecule has 9 nitrogen and oxygen atoms in total. The van der Waals surface area contributed by atoms with Crippen LogP contribution in [0.3, 0.4) is 0 Å². The minimum Gasteiger partial charge on any atom is -0.444 e. The van der Waals surface area contributed by atoms with E-state index in [1.54, 1.807) is 6.20 Å². The second kappa shape index (κ2) is 12.4. The summed E-state index contributed by atoms with van der Waals surface area (Å²) in [5.41, 5.74) is 12.7. The molecule has 1 saturated carbocycles. The Labute approximate surface area is 276 Å². The normalized spacial score (nSPS) is 20.1. The maximum atomic E-state index is 12.3. The first-order valence-electron chi connectivity index (χ1n) is 16.6. The highest BCUT2D eigenvalue weighted by Gasteiger charge is 2.41. The zero-order chi connectivity index (χ0) is 32.6. The summed E-state index contributed by atoms with van der Waals surface area (Å²) in [6.07, 6.45) is 6.87. The largest absolute Gasteiger partial charge is 0.444 e. The molecule has 2 fully saturated rings. The highest BCUT2D eigenvalue weighted by Crippen LogP contribution is 2.44. The molecule has 242 valence electrons. The van der Waals surface area contributed by atoms with Gasteiger partial charge in [-0.3, -0.25) is 9.47 Å². The average molecular weight is 630 g/mol. The molecule has 1 amide bonds. The van der Waals surface area contributed by atoms with Crippen molar-refractivity contribution in [3.05, 3.63) is 90.6 Å². The summed E-state index contributed by atoms with van der Waals surface area (Å²) in [5.74, 6) is 1.15. The number of imidazole rings is 1. The van der Waals surface area contributed by atoms with E-state index in [4.69, 9.17) is 20.4 Å². The van der Waals surface area contributed by atoms with Gasteiger partial charge in [0.05, 0.1) is 11.3 Å². The van der Waals surface area contributed by atoms with Crippen molar-refractivity contribution in [3.63, 3.8) is 0 Å². The van der Waals surface area contributed by atoms with Gasteiger partial charge in [0.2, 0.25) is 0 Å².